The number of carbonyl (C=O) groups excluding carboxylic acids is 1. The van der Waals surface area contributed by atoms with E-state index in [4.69, 9.17) is 11.6 Å². The summed E-state index contributed by atoms with van der Waals surface area (Å²) in [6.07, 6.45) is 1.34. The van der Waals surface area contributed by atoms with Crippen LogP contribution in [0, 0.1) is 13.8 Å². The highest BCUT2D eigenvalue weighted by molar-refractivity contribution is 7.12. The number of alkyl halides is 1. The standard InChI is InChI=1S/C10H13ClOS/c1-7-6-9(8(2)13-7)10(12)4-3-5-11/h6H,3-5H2,1-2H3. The highest BCUT2D eigenvalue weighted by atomic mass is 35.5. The average Bonchev–Trinajstić information content (AvgIpc) is 2.41. The monoisotopic (exact) mass is 216 g/mol. The number of ketones is 1. The first-order valence-corrected chi connectivity index (χ1v) is 5.66. The predicted molar refractivity (Wildman–Crippen MR) is 58.1 cm³/mol. The molecule has 0 aliphatic heterocycles. The lowest BCUT2D eigenvalue weighted by Gasteiger charge is -1.96. The summed E-state index contributed by atoms with van der Waals surface area (Å²) in [4.78, 5) is 13.9. The molecule has 0 atom stereocenters. The van der Waals surface area contributed by atoms with Crippen molar-refractivity contribution in [2.75, 3.05) is 5.88 Å². The molecule has 1 rings (SSSR count). The van der Waals surface area contributed by atoms with E-state index in [0.29, 0.717) is 12.3 Å². The molecule has 0 aliphatic carbocycles. The summed E-state index contributed by atoms with van der Waals surface area (Å²) >= 11 is 7.21. The maximum absolute atomic E-state index is 11.6. The van der Waals surface area contributed by atoms with E-state index >= 15 is 0 Å². The van der Waals surface area contributed by atoms with Crippen LogP contribution in [0.4, 0.5) is 0 Å². The molecule has 0 unspecified atom stereocenters. The Balaban J connectivity index is 2.70. The van der Waals surface area contributed by atoms with E-state index in [1.54, 1.807) is 11.3 Å². The fraction of sp³-hybridized carbons (Fsp3) is 0.500. The molecular weight excluding hydrogens is 204 g/mol. The molecule has 0 saturated heterocycles. The molecule has 3 heteroatoms. The SMILES string of the molecule is Cc1cc(C(=O)CCCCl)c(C)s1. The van der Waals surface area contributed by atoms with Crippen LogP contribution in [0.1, 0.15) is 33.0 Å². The van der Waals surface area contributed by atoms with Crippen LogP contribution in [0.25, 0.3) is 0 Å². The van der Waals surface area contributed by atoms with Gasteiger partial charge in [0.1, 0.15) is 0 Å². The molecule has 0 saturated carbocycles. The highest BCUT2D eigenvalue weighted by Crippen LogP contribution is 2.22. The Bertz CT molecular complexity index is 304. The van der Waals surface area contributed by atoms with Crippen LogP contribution in [0.15, 0.2) is 6.07 Å². The quantitative estimate of drug-likeness (QED) is 0.556. The molecule has 13 heavy (non-hydrogen) atoms. The van der Waals surface area contributed by atoms with Gasteiger partial charge in [0.25, 0.3) is 0 Å². The first kappa shape index (κ1) is 10.7. The molecule has 0 aliphatic rings. The fourth-order valence-electron chi connectivity index (χ4n) is 1.27. The first-order valence-electron chi connectivity index (χ1n) is 4.31. The van der Waals surface area contributed by atoms with E-state index in [2.05, 4.69) is 0 Å². The third-order valence-electron chi connectivity index (χ3n) is 1.88. The van der Waals surface area contributed by atoms with Gasteiger partial charge < -0.3 is 0 Å². The van der Waals surface area contributed by atoms with E-state index in [1.165, 1.54) is 4.88 Å². The molecule has 0 aromatic carbocycles. The molecule has 1 nitrogen and oxygen atoms in total. The van der Waals surface area contributed by atoms with Crippen molar-refractivity contribution in [2.45, 2.75) is 26.7 Å². The Morgan fingerprint density at radius 1 is 1.54 bits per heavy atom. The maximum Gasteiger partial charge on any atom is 0.164 e. The second-order valence-corrected chi connectivity index (χ2v) is 4.88. The summed E-state index contributed by atoms with van der Waals surface area (Å²) in [6, 6.07) is 1.97. The number of rotatable bonds is 4. The summed E-state index contributed by atoms with van der Waals surface area (Å²) in [5.41, 5.74) is 0.882. The van der Waals surface area contributed by atoms with Crippen LogP contribution in [-0.4, -0.2) is 11.7 Å². The fourth-order valence-corrected chi connectivity index (χ4v) is 2.35. The number of halogens is 1. The van der Waals surface area contributed by atoms with Gasteiger partial charge in [0, 0.05) is 27.6 Å². The van der Waals surface area contributed by atoms with E-state index in [-0.39, 0.29) is 5.78 Å². The predicted octanol–water partition coefficient (Wildman–Crippen LogP) is 3.57. The van der Waals surface area contributed by atoms with E-state index in [0.717, 1.165) is 16.9 Å². The number of aryl methyl sites for hydroxylation is 2. The van der Waals surface area contributed by atoms with Crippen molar-refractivity contribution in [3.05, 3.63) is 21.4 Å². The normalized spacial score (nSPS) is 10.4. The van der Waals surface area contributed by atoms with Crippen molar-refractivity contribution >= 4 is 28.7 Å². The van der Waals surface area contributed by atoms with Gasteiger partial charge in [0.05, 0.1) is 0 Å². The third-order valence-corrected chi connectivity index (χ3v) is 3.11. The first-order chi connectivity index (χ1) is 6.15. The Morgan fingerprint density at radius 2 is 2.23 bits per heavy atom. The minimum absolute atomic E-state index is 0.225. The molecule has 1 aromatic rings. The molecule has 1 aromatic heterocycles. The number of Topliss-reactive ketones (excluding diaryl/α,β-unsaturated/α-hetero) is 1. The zero-order valence-electron chi connectivity index (χ0n) is 7.89. The number of hydrogen-bond donors (Lipinski definition) is 0. The number of hydrogen-bond acceptors (Lipinski definition) is 2. The Morgan fingerprint density at radius 3 is 2.69 bits per heavy atom. The Kier molecular flexibility index (Phi) is 3.94. The molecule has 0 amide bonds. The van der Waals surface area contributed by atoms with E-state index in [9.17, 15) is 4.79 Å². The van der Waals surface area contributed by atoms with Crippen molar-refractivity contribution in [2.24, 2.45) is 0 Å². The van der Waals surface area contributed by atoms with Crippen LogP contribution >= 0.6 is 22.9 Å². The summed E-state index contributed by atoms with van der Waals surface area (Å²) in [7, 11) is 0. The van der Waals surface area contributed by atoms with Crippen molar-refractivity contribution in [3.63, 3.8) is 0 Å². The zero-order valence-corrected chi connectivity index (χ0v) is 9.47. The second-order valence-electron chi connectivity index (χ2n) is 3.04. The lowest BCUT2D eigenvalue weighted by atomic mass is 10.1. The zero-order chi connectivity index (χ0) is 9.84. The van der Waals surface area contributed by atoms with Crippen molar-refractivity contribution in [1.29, 1.82) is 0 Å². The molecular formula is C10H13ClOS. The third kappa shape index (κ3) is 2.82. The Hall–Kier alpha value is -0.340. The molecule has 0 bridgehead atoms. The largest absolute Gasteiger partial charge is 0.294 e. The van der Waals surface area contributed by atoms with Crippen molar-refractivity contribution < 1.29 is 4.79 Å². The smallest absolute Gasteiger partial charge is 0.164 e. The van der Waals surface area contributed by atoms with Crippen LogP contribution < -0.4 is 0 Å². The second kappa shape index (κ2) is 4.77. The molecule has 72 valence electrons. The van der Waals surface area contributed by atoms with Gasteiger partial charge in [-0.1, -0.05) is 0 Å². The summed E-state index contributed by atoms with van der Waals surface area (Å²) < 4.78 is 0. The molecule has 0 fully saturated rings. The topological polar surface area (TPSA) is 17.1 Å². The van der Waals surface area contributed by atoms with Gasteiger partial charge >= 0.3 is 0 Å². The summed E-state index contributed by atoms with van der Waals surface area (Å²) in [5, 5.41) is 0. The average molecular weight is 217 g/mol. The van der Waals surface area contributed by atoms with Crippen LogP contribution in [0.2, 0.25) is 0 Å². The van der Waals surface area contributed by atoms with Gasteiger partial charge in [0.2, 0.25) is 0 Å². The van der Waals surface area contributed by atoms with Gasteiger partial charge in [0.15, 0.2) is 5.78 Å². The number of thiophene rings is 1. The van der Waals surface area contributed by atoms with Crippen LogP contribution in [0.5, 0.6) is 0 Å². The summed E-state index contributed by atoms with van der Waals surface area (Å²) in [6.45, 7) is 4.02. The van der Waals surface area contributed by atoms with Crippen LogP contribution in [-0.2, 0) is 0 Å². The lowest BCUT2D eigenvalue weighted by Crippen LogP contribution is -1.98. The maximum atomic E-state index is 11.6. The van der Waals surface area contributed by atoms with Gasteiger partial charge in [-0.25, -0.2) is 0 Å². The van der Waals surface area contributed by atoms with Gasteiger partial charge in [-0.15, -0.1) is 22.9 Å². The summed E-state index contributed by atoms with van der Waals surface area (Å²) in [5.74, 6) is 0.788. The Labute approximate surface area is 87.7 Å². The van der Waals surface area contributed by atoms with Crippen molar-refractivity contribution in [1.82, 2.24) is 0 Å². The lowest BCUT2D eigenvalue weighted by molar-refractivity contribution is 0.0982. The molecule has 0 N–H and O–H groups in total. The molecule has 0 radical (unpaired) electrons. The minimum Gasteiger partial charge on any atom is -0.294 e. The number of carbonyl (C=O) groups is 1. The minimum atomic E-state index is 0.225. The molecule has 0 spiro atoms. The highest BCUT2D eigenvalue weighted by Gasteiger charge is 2.10. The van der Waals surface area contributed by atoms with Gasteiger partial charge in [-0.2, -0.15) is 0 Å². The van der Waals surface area contributed by atoms with Gasteiger partial charge in [-0.05, 0) is 26.3 Å². The van der Waals surface area contributed by atoms with E-state index in [1.807, 2.05) is 19.9 Å². The van der Waals surface area contributed by atoms with E-state index < -0.39 is 0 Å². The van der Waals surface area contributed by atoms with Crippen LogP contribution in [0.3, 0.4) is 0 Å². The van der Waals surface area contributed by atoms with Gasteiger partial charge in [-0.3, -0.25) is 4.79 Å². The van der Waals surface area contributed by atoms with Crippen molar-refractivity contribution in [3.8, 4) is 0 Å². The molecule has 1 heterocycles.